The number of nitrogens with zero attached hydrogens (tertiary/aromatic N) is 3. The Labute approximate surface area is 191 Å². The van der Waals surface area contributed by atoms with Crippen molar-refractivity contribution < 1.29 is 14.2 Å². The fourth-order valence-corrected chi connectivity index (χ4v) is 3.98. The topological polar surface area (TPSA) is 58.6 Å². The van der Waals surface area contributed by atoms with Crippen molar-refractivity contribution in [3.63, 3.8) is 0 Å². The normalized spacial score (nSPS) is 19.2. The minimum atomic E-state index is 0. The Balaban J connectivity index is 0.00000300. The SMILES string of the molecule is CN=C(NCCc1c(OC)cc(OC)cc1OC)N1CCC(N2CC=CC2)C1.I. The van der Waals surface area contributed by atoms with Crippen molar-refractivity contribution in [1.82, 2.24) is 15.1 Å². The predicted octanol–water partition coefficient (Wildman–Crippen LogP) is 2.39. The Morgan fingerprint density at radius 2 is 1.76 bits per heavy atom. The number of halogens is 1. The maximum Gasteiger partial charge on any atom is 0.193 e. The molecule has 2 heterocycles. The summed E-state index contributed by atoms with van der Waals surface area (Å²) < 4.78 is 16.4. The molecular formula is C21H33IN4O3. The molecule has 0 radical (unpaired) electrons. The number of hydrogen-bond donors (Lipinski definition) is 1. The standard InChI is InChI=1S/C21H32N4O3.HI/c1-22-21(25-12-8-16(15-25)24-10-5-6-11-24)23-9-7-18-19(27-3)13-17(26-2)14-20(18)28-4;/h5-6,13-14,16H,7-12,15H2,1-4H3,(H,22,23);1H. The Hall–Kier alpha value is -1.68. The fraction of sp³-hybridized carbons (Fsp3) is 0.571. The van der Waals surface area contributed by atoms with Crippen LogP contribution in [0, 0.1) is 0 Å². The number of likely N-dealkylation sites (tertiary alicyclic amines) is 1. The second kappa shape index (κ2) is 11.5. The minimum absolute atomic E-state index is 0. The quantitative estimate of drug-likeness (QED) is 0.260. The van der Waals surface area contributed by atoms with E-state index in [1.165, 1.54) is 6.42 Å². The van der Waals surface area contributed by atoms with Gasteiger partial charge in [-0.1, -0.05) is 12.2 Å². The molecule has 0 bridgehead atoms. The largest absolute Gasteiger partial charge is 0.496 e. The molecule has 1 fully saturated rings. The average Bonchev–Trinajstić information content (AvgIpc) is 3.42. The highest BCUT2D eigenvalue weighted by Crippen LogP contribution is 2.34. The zero-order chi connectivity index (χ0) is 19.9. The molecule has 0 spiro atoms. The molecule has 1 atom stereocenters. The highest BCUT2D eigenvalue weighted by atomic mass is 127. The van der Waals surface area contributed by atoms with Crippen LogP contribution in [-0.4, -0.2) is 82.9 Å². The summed E-state index contributed by atoms with van der Waals surface area (Å²) in [7, 11) is 6.83. The van der Waals surface area contributed by atoms with E-state index in [9.17, 15) is 0 Å². The van der Waals surface area contributed by atoms with Gasteiger partial charge in [-0.25, -0.2) is 0 Å². The lowest BCUT2D eigenvalue weighted by Crippen LogP contribution is -2.43. The number of ether oxygens (including phenoxy) is 3. The molecule has 1 N–H and O–H groups in total. The number of benzene rings is 1. The van der Waals surface area contributed by atoms with Crippen LogP contribution >= 0.6 is 24.0 Å². The van der Waals surface area contributed by atoms with Crippen LogP contribution in [0.2, 0.25) is 0 Å². The number of rotatable bonds is 7. The zero-order valence-corrected chi connectivity index (χ0v) is 20.1. The lowest BCUT2D eigenvalue weighted by atomic mass is 10.1. The molecule has 3 rings (SSSR count). The molecule has 1 saturated heterocycles. The summed E-state index contributed by atoms with van der Waals surface area (Å²) in [5.74, 6) is 3.23. The fourth-order valence-electron chi connectivity index (χ4n) is 3.98. The van der Waals surface area contributed by atoms with Gasteiger partial charge in [-0.15, -0.1) is 24.0 Å². The van der Waals surface area contributed by atoms with E-state index in [1.54, 1.807) is 21.3 Å². The number of methoxy groups -OCH3 is 3. The Morgan fingerprint density at radius 1 is 1.10 bits per heavy atom. The van der Waals surface area contributed by atoms with E-state index in [2.05, 4.69) is 32.3 Å². The molecule has 2 aliphatic heterocycles. The van der Waals surface area contributed by atoms with Crippen LogP contribution in [-0.2, 0) is 6.42 Å². The van der Waals surface area contributed by atoms with Gasteiger partial charge in [-0.05, 0) is 12.8 Å². The summed E-state index contributed by atoms with van der Waals surface area (Å²) in [6, 6.07) is 4.39. The average molecular weight is 516 g/mol. The third-order valence-corrected chi connectivity index (χ3v) is 5.51. The number of guanidine groups is 1. The summed E-state index contributed by atoms with van der Waals surface area (Å²) in [6.07, 6.45) is 6.46. The first kappa shape index (κ1) is 23.6. The summed E-state index contributed by atoms with van der Waals surface area (Å²) in [5, 5.41) is 3.50. The summed E-state index contributed by atoms with van der Waals surface area (Å²) >= 11 is 0. The molecule has 29 heavy (non-hydrogen) atoms. The molecule has 1 unspecified atom stereocenters. The number of aliphatic imine (C=N–C) groups is 1. The third-order valence-electron chi connectivity index (χ3n) is 5.51. The summed E-state index contributed by atoms with van der Waals surface area (Å²) in [6.45, 7) is 4.95. The van der Waals surface area contributed by atoms with Crippen molar-refractivity contribution in [2.75, 3.05) is 61.1 Å². The first-order valence-corrected chi connectivity index (χ1v) is 9.83. The maximum absolute atomic E-state index is 5.55. The van der Waals surface area contributed by atoms with Crippen molar-refractivity contribution in [1.29, 1.82) is 0 Å². The van der Waals surface area contributed by atoms with Gasteiger partial charge in [0.15, 0.2) is 5.96 Å². The van der Waals surface area contributed by atoms with Crippen molar-refractivity contribution in [3.8, 4) is 17.2 Å². The van der Waals surface area contributed by atoms with Gasteiger partial charge in [0.05, 0.1) is 21.3 Å². The van der Waals surface area contributed by atoms with Crippen molar-refractivity contribution in [3.05, 3.63) is 29.8 Å². The summed E-state index contributed by atoms with van der Waals surface area (Å²) in [4.78, 5) is 9.37. The minimum Gasteiger partial charge on any atom is -0.496 e. The molecule has 0 amide bonds. The van der Waals surface area contributed by atoms with Crippen LogP contribution < -0.4 is 19.5 Å². The highest BCUT2D eigenvalue weighted by molar-refractivity contribution is 14.0. The summed E-state index contributed by atoms with van der Waals surface area (Å²) in [5.41, 5.74) is 1.02. The van der Waals surface area contributed by atoms with Gasteiger partial charge in [0.1, 0.15) is 17.2 Å². The molecule has 0 saturated carbocycles. The van der Waals surface area contributed by atoms with Crippen molar-refractivity contribution in [2.45, 2.75) is 18.9 Å². The molecule has 2 aliphatic rings. The van der Waals surface area contributed by atoms with Crippen LogP contribution in [0.5, 0.6) is 17.2 Å². The van der Waals surface area contributed by atoms with Gasteiger partial charge < -0.3 is 24.4 Å². The van der Waals surface area contributed by atoms with E-state index in [1.807, 2.05) is 19.2 Å². The predicted molar refractivity (Wildman–Crippen MR) is 127 cm³/mol. The first-order valence-electron chi connectivity index (χ1n) is 9.83. The highest BCUT2D eigenvalue weighted by Gasteiger charge is 2.29. The molecule has 0 aliphatic carbocycles. The number of nitrogens with one attached hydrogen (secondary N) is 1. The Kier molecular flexibility index (Phi) is 9.35. The van der Waals surface area contributed by atoms with Crippen LogP contribution in [0.4, 0.5) is 0 Å². The van der Waals surface area contributed by atoms with E-state index in [4.69, 9.17) is 14.2 Å². The maximum atomic E-state index is 5.55. The van der Waals surface area contributed by atoms with Gasteiger partial charge in [0.2, 0.25) is 0 Å². The van der Waals surface area contributed by atoms with E-state index in [0.717, 1.165) is 67.9 Å². The van der Waals surface area contributed by atoms with Crippen LogP contribution in [0.25, 0.3) is 0 Å². The van der Waals surface area contributed by atoms with Gasteiger partial charge in [-0.2, -0.15) is 0 Å². The lowest BCUT2D eigenvalue weighted by molar-refractivity contribution is 0.259. The third kappa shape index (κ3) is 5.69. The Morgan fingerprint density at radius 3 is 2.31 bits per heavy atom. The lowest BCUT2D eigenvalue weighted by Gasteiger charge is -2.25. The van der Waals surface area contributed by atoms with Crippen LogP contribution in [0.15, 0.2) is 29.3 Å². The molecule has 7 nitrogen and oxygen atoms in total. The molecule has 0 aromatic heterocycles. The molecule has 162 valence electrons. The van der Waals surface area contributed by atoms with E-state index in [0.29, 0.717) is 6.04 Å². The molecule has 8 heteroatoms. The van der Waals surface area contributed by atoms with Crippen molar-refractivity contribution in [2.24, 2.45) is 4.99 Å². The monoisotopic (exact) mass is 516 g/mol. The Bertz CT molecular complexity index is 693. The van der Waals surface area contributed by atoms with Gasteiger partial charge in [0, 0.05) is 63.5 Å². The van der Waals surface area contributed by atoms with Gasteiger partial charge in [-0.3, -0.25) is 9.89 Å². The molecule has 1 aromatic carbocycles. The van der Waals surface area contributed by atoms with E-state index in [-0.39, 0.29) is 24.0 Å². The zero-order valence-electron chi connectivity index (χ0n) is 17.8. The number of hydrogen-bond acceptors (Lipinski definition) is 5. The smallest absolute Gasteiger partial charge is 0.193 e. The van der Waals surface area contributed by atoms with Crippen LogP contribution in [0.3, 0.4) is 0 Å². The van der Waals surface area contributed by atoms with Gasteiger partial charge in [0.25, 0.3) is 0 Å². The van der Waals surface area contributed by atoms with Crippen LogP contribution in [0.1, 0.15) is 12.0 Å². The molecule has 1 aromatic rings. The second-order valence-corrected chi connectivity index (χ2v) is 7.05. The first-order chi connectivity index (χ1) is 13.7. The van der Waals surface area contributed by atoms with E-state index < -0.39 is 0 Å². The van der Waals surface area contributed by atoms with Gasteiger partial charge >= 0.3 is 0 Å². The molecular weight excluding hydrogens is 483 g/mol. The van der Waals surface area contributed by atoms with E-state index >= 15 is 0 Å². The second-order valence-electron chi connectivity index (χ2n) is 7.05. The van der Waals surface area contributed by atoms with Crippen molar-refractivity contribution >= 4 is 29.9 Å².